The van der Waals surface area contributed by atoms with Crippen LogP contribution in [0.25, 0.3) is 32.9 Å². The molecule has 43 heavy (non-hydrogen) atoms. The van der Waals surface area contributed by atoms with Gasteiger partial charge >= 0.3 is 6.18 Å². The van der Waals surface area contributed by atoms with E-state index in [0.717, 1.165) is 45.3 Å². The molecule has 6 rings (SSSR count). The van der Waals surface area contributed by atoms with Crippen LogP contribution in [-0.4, -0.2) is 59.0 Å². The Labute approximate surface area is 252 Å². The fourth-order valence-corrected chi connectivity index (χ4v) is 6.44. The van der Waals surface area contributed by atoms with Crippen LogP contribution in [0.5, 0.6) is 5.88 Å². The van der Waals surface area contributed by atoms with Crippen LogP contribution in [0.4, 0.5) is 17.6 Å². The van der Waals surface area contributed by atoms with Crippen molar-refractivity contribution in [2.45, 2.75) is 57.8 Å². The number of hydrogen-bond acceptors (Lipinski definition) is 6. The molecule has 2 aromatic heterocycles. The van der Waals surface area contributed by atoms with Crippen LogP contribution in [0.3, 0.4) is 0 Å². The number of fused-ring (bicyclic) bond motifs is 3. The van der Waals surface area contributed by atoms with E-state index in [1.54, 1.807) is 12.3 Å². The fourth-order valence-electron chi connectivity index (χ4n) is 6.15. The lowest BCUT2D eigenvalue weighted by molar-refractivity contribution is -0.137. The van der Waals surface area contributed by atoms with Gasteiger partial charge in [0.25, 0.3) is 0 Å². The summed E-state index contributed by atoms with van der Waals surface area (Å²) in [6.45, 7) is 5.75. The van der Waals surface area contributed by atoms with Gasteiger partial charge in [-0.25, -0.2) is 9.37 Å². The van der Waals surface area contributed by atoms with Gasteiger partial charge in [-0.3, -0.25) is 4.68 Å². The van der Waals surface area contributed by atoms with Gasteiger partial charge in [-0.2, -0.15) is 23.5 Å². The summed E-state index contributed by atoms with van der Waals surface area (Å²) in [6.07, 6.45) is 0.681. The summed E-state index contributed by atoms with van der Waals surface area (Å²) in [6, 6.07) is 7.59. The minimum atomic E-state index is -4.70. The van der Waals surface area contributed by atoms with E-state index in [1.165, 1.54) is 38.1 Å². The molecule has 1 N–H and O–H groups in total. The molecule has 0 amide bonds. The number of rotatable bonds is 5. The van der Waals surface area contributed by atoms with Crippen LogP contribution in [0.15, 0.2) is 30.5 Å². The van der Waals surface area contributed by atoms with Crippen molar-refractivity contribution in [3.8, 4) is 23.1 Å². The van der Waals surface area contributed by atoms with Gasteiger partial charge in [0.2, 0.25) is 5.88 Å². The van der Waals surface area contributed by atoms with Crippen LogP contribution in [-0.2, 0) is 6.18 Å². The Morgan fingerprint density at radius 2 is 1.91 bits per heavy atom. The number of likely N-dealkylation sites (tertiary alicyclic amines) is 1. The first-order valence-electron chi connectivity index (χ1n) is 14.3. The van der Waals surface area contributed by atoms with Crippen molar-refractivity contribution in [1.82, 2.24) is 25.0 Å². The zero-order chi connectivity index (χ0) is 30.9. The number of nitrogens with zero attached hydrogens (tertiary/aromatic N) is 5. The third kappa shape index (κ3) is 6.01. The SMILES string of the molecule is CC#N.Cc1cccc(-c2c(Cl)cc3c(nc(OCC4CCCN4C)c4cnn(C5CCNCC5)c43)c2F)c1C(F)(F)F. The minimum Gasteiger partial charge on any atom is -0.475 e. The van der Waals surface area contributed by atoms with E-state index in [1.807, 2.05) is 11.7 Å². The Bertz CT molecular complexity index is 1680. The number of hydrogen-bond donors (Lipinski definition) is 1. The van der Waals surface area contributed by atoms with E-state index in [0.29, 0.717) is 22.9 Å². The molecular formula is C31H33ClF4N6O. The Morgan fingerprint density at radius 3 is 2.56 bits per heavy atom. The van der Waals surface area contributed by atoms with Gasteiger partial charge in [-0.05, 0) is 76.5 Å². The van der Waals surface area contributed by atoms with Gasteiger partial charge in [0.1, 0.15) is 12.1 Å². The summed E-state index contributed by atoms with van der Waals surface area (Å²) in [5.41, 5.74) is -1.05. The Balaban J connectivity index is 0.00000118. The lowest BCUT2D eigenvalue weighted by Gasteiger charge is -2.24. The molecule has 0 bridgehead atoms. The molecule has 4 heterocycles. The summed E-state index contributed by atoms with van der Waals surface area (Å²) in [5.74, 6) is -0.697. The van der Waals surface area contributed by atoms with Crippen LogP contribution in [0.2, 0.25) is 5.02 Å². The summed E-state index contributed by atoms with van der Waals surface area (Å²) in [7, 11) is 2.04. The first-order chi connectivity index (χ1) is 20.6. The topological polar surface area (TPSA) is 79.0 Å². The number of halogens is 5. The molecule has 1 atom stereocenters. The maximum Gasteiger partial charge on any atom is 0.417 e. The van der Waals surface area contributed by atoms with Crippen molar-refractivity contribution in [2.24, 2.45) is 0 Å². The van der Waals surface area contributed by atoms with Crippen LogP contribution in [0.1, 0.15) is 49.8 Å². The monoisotopic (exact) mass is 616 g/mol. The molecule has 2 aliphatic heterocycles. The van der Waals surface area contributed by atoms with Gasteiger partial charge < -0.3 is 15.0 Å². The smallest absolute Gasteiger partial charge is 0.417 e. The van der Waals surface area contributed by atoms with Gasteiger partial charge in [0, 0.05) is 23.9 Å². The highest BCUT2D eigenvalue weighted by atomic mass is 35.5. The Morgan fingerprint density at radius 1 is 1.19 bits per heavy atom. The lowest BCUT2D eigenvalue weighted by atomic mass is 9.94. The number of nitrogens with one attached hydrogen (secondary N) is 1. The lowest BCUT2D eigenvalue weighted by Crippen LogP contribution is -2.30. The molecule has 0 radical (unpaired) electrons. The summed E-state index contributed by atoms with van der Waals surface area (Å²) in [5, 5.41) is 16.2. The first-order valence-corrected chi connectivity index (χ1v) is 14.6. The van der Waals surface area contributed by atoms with Gasteiger partial charge in [-0.15, -0.1) is 0 Å². The molecule has 228 valence electrons. The van der Waals surface area contributed by atoms with E-state index in [2.05, 4.69) is 20.3 Å². The highest BCUT2D eigenvalue weighted by molar-refractivity contribution is 6.34. The molecule has 0 aliphatic carbocycles. The van der Waals surface area contributed by atoms with Crippen molar-refractivity contribution in [1.29, 1.82) is 5.26 Å². The highest BCUT2D eigenvalue weighted by Crippen LogP contribution is 2.45. The predicted octanol–water partition coefficient (Wildman–Crippen LogP) is 7.30. The van der Waals surface area contributed by atoms with Crippen molar-refractivity contribution in [3.05, 3.63) is 52.4 Å². The highest BCUT2D eigenvalue weighted by Gasteiger charge is 2.37. The number of likely N-dealkylation sites (N-methyl/N-ethyl adjacent to an activating group) is 1. The number of ether oxygens (including phenoxy) is 1. The number of pyridine rings is 1. The minimum absolute atomic E-state index is 0.0161. The second kappa shape index (κ2) is 12.6. The molecule has 0 saturated carbocycles. The fraction of sp³-hybridized carbons (Fsp3) is 0.452. The zero-order valence-corrected chi connectivity index (χ0v) is 25.0. The molecule has 2 fully saturated rings. The molecule has 12 heteroatoms. The van der Waals surface area contributed by atoms with Crippen LogP contribution < -0.4 is 10.1 Å². The van der Waals surface area contributed by atoms with Crippen molar-refractivity contribution >= 4 is 33.4 Å². The number of nitriles is 1. The second-order valence-corrected chi connectivity index (χ2v) is 11.4. The summed E-state index contributed by atoms with van der Waals surface area (Å²) >= 11 is 6.61. The molecule has 1 unspecified atom stereocenters. The quantitative estimate of drug-likeness (QED) is 0.237. The largest absolute Gasteiger partial charge is 0.475 e. The number of alkyl halides is 3. The average molecular weight is 617 g/mol. The van der Waals surface area contributed by atoms with Gasteiger partial charge in [0.05, 0.1) is 39.8 Å². The number of aryl methyl sites for hydroxylation is 1. The molecule has 2 aromatic carbocycles. The molecule has 0 spiro atoms. The van der Waals surface area contributed by atoms with Crippen LogP contribution in [0, 0.1) is 24.1 Å². The Kier molecular flexibility index (Phi) is 9.11. The summed E-state index contributed by atoms with van der Waals surface area (Å²) < 4.78 is 66.9. The standard InChI is InChI=1S/C29H30ClF4N5O.C2H3N/c1-16-5-3-7-19(24(16)29(32,33)34)23-22(30)13-20-26(25(23)31)37-28(40-15-18-6-4-12-38(18)2)21-14-36-39(27(20)21)17-8-10-35-11-9-17;1-2-3/h3,5,7,13-14,17-18,35H,4,6,8-12,15H2,1-2H3;1H3. The first kappa shape index (κ1) is 31.0. The van der Waals surface area contributed by atoms with E-state index in [-0.39, 0.29) is 45.2 Å². The number of piperidine rings is 1. The molecule has 2 saturated heterocycles. The molecule has 4 aromatic rings. The van der Waals surface area contributed by atoms with E-state index < -0.39 is 17.6 Å². The zero-order valence-electron chi connectivity index (χ0n) is 24.2. The van der Waals surface area contributed by atoms with Crippen molar-refractivity contribution < 1.29 is 22.3 Å². The second-order valence-electron chi connectivity index (χ2n) is 11.0. The number of benzene rings is 2. The average Bonchev–Trinajstić information content (AvgIpc) is 3.59. The summed E-state index contributed by atoms with van der Waals surface area (Å²) in [4.78, 5) is 6.78. The molecule has 7 nitrogen and oxygen atoms in total. The Hall–Kier alpha value is -3.46. The predicted molar refractivity (Wildman–Crippen MR) is 159 cm³/mol. The third-order valence-electron chi connectivity index (χ3n) is 8.25. The maximum atomic E-state index is 16.5. The maximum absolute atomic E-state index is 16.5. The third-order valence-corrected chi connectivity index (χ3v) is 8.55. The van der Waals surface area contributed by atoms with Crippen LogP contribution >= 0.6 is 11.6 Å². The molecular weight excluding hydrogens is 584 g/mol. The van der Waals surface area contributed by atoms with E-state index in [4.69, 9.17) is 21.6 Å². The van der Waals surface area contributed by atoms with Gasteiger partial charge in [0.15, 0.2) is 5.82 Å². The normalized spacial score (nSPS) is 18.1. The van der Waals surface area contributed by atoms with E-state index in [9.17, 15) is 13.2 Å². The van der Waals surface area contributed by atoms with E-state index >= 15 is 4.39 Å². The molecule has 2 aliphatic rings. The van der Waals surface area contributed by atoms with Crippen molar-refractivity contribution in [2.75, 3.05) is 33.3 Å². The van der Waals surface area contributed by atoms with Gasteiger partial charge in [-0.1, -0.05) is 29.8 Å². The van der Waals surface area contributed by atoms with Crippen molar-refractivity contribution in [3.63, 3.8) is 0 Å². The number of aromatic nitrogens is 3.